The van der Waals surface area contributed by atoms with Gasteiger partial charge in [-0.05, 0) is 45.4 Å². The van der Waals surface area contributed by atoms with E-state index in [1.165, 1.54) is 0 Å². The summed E-state index contributed by atoms with van der Waals surface area (Å²) in [7, 11) is 0. The van der Waals surface area contributed by atoms with E-state index in [0.717, 1.165) is 5.56 Å². The first kappa shape index (κ1) is 15.0. The van der Waals surface area contributed by atoms with Crippen molar-refractivity contribution in [1.29, 1.82) is 0 Å². The van der Waals surface area contributed by atoms with E-state index in [4.69, 9.17) is 16.3 Å². The molecule has 0 heterocycles. The van der Waals surface area contributed by atoms with E-state index in [2.05, 4.69) is 5.32 Å². The van der Waals surface area contributed by atoms with Gasteiger partial charge in [0.15, 0.2) is 0 Å². The quantitative estimate of drug-likeness (QED) is 0.835. The number of hydrogen-bond donors (Lipinski definition) is 1. The number of benzene rings is 1. The van der Waals surface area contributed by atoms with E-state index in [9.17, 15) is 4.79 Å². The van der Waals surface area contributed by atoms with Gasteiger partial charge in [-0.1, -0.05) is 23.7 Å². The second-order valence-corrected chi connectivity index (χ2v) is 5.09. The molecule has 0 saturated carbocycles. The molecule has 0 aliphatic heterocycles. The Bertz CT molecular complexity index is 420. The van der Waals surface area contributed by atoms with Crippen LogP contribution in [0.3, 0.4) is 0 Å². The minimum Gasteiger partial charge on any atom is -0.464 e. The number of ether oxygens (including phenoxy) is 1. The zero-order valence-corrected chi connectivity index (χ0v) is 12.0. The Kier molecular flexibility index (Phi) is 5.17. The Morgan fingerprint density at radius 2 is 2.17 bits per heavy atom. The lowest BCUT2D eigenvalue weighted by Gasteiger charge is -2.31. The van der Waals surface area contributed by atoms with E-state index < -0.39 is 5.54 Å². The van der Waals surface area contributed by atoms with Crippen molar-refractivity contribution in [3.63, 3.8) is 0 Å². The summed E-state index contributed by atoms with van der Waals surface area (Å²) in [6.45, 7) is 7.95. The molecule has 0 saturated heterocycles. The predicted molar refractivity (Wildman–Crippen MR) is 73.7 cm³/mol. The maximum absolute atomic E-state index is 12.2. The molecule has 100 valence electrons. The van der Waals surface area contributed by atoms with Gasteiger partial charge < -0.3 is 4.74 Å². The molecule has 1 aromatic carbocycles. The number of carbonyl (C=O) groups is 1. The minimum absolute atomic E-state index is 0.151. The Morgan fingerprint density at radius 1 is 1.50 bits per heavy atom. The Balaban J connectivity index is 3.15. The van der Waals surface area contributed by atoms with Gasteiger partial charge in [0.2, 0.25) is 0 Å². The molecule has 0 bridgehead atoms. The lowest BCUT2D eigenvalue weighted by molar-refractivity contribution is -0.151. The number of esters is 1. The molecular weight excluding hydrogens is 250 g/mol. The molecule has 1 aromatic rings. The summed E-state index contributed by atoms with van der Waals surface area (Å²) < 4.78 is 5.16. The van der Waals surface area contributed by atoms with Crippen LogP contribution in [0.5, 0.6) is 0 Å². The first-order valence-electron chi connectivity index (χ1n) is 6.11. The Morgan fingerprint density at radius 3 is 2.67 bits per heavy atom. The average Bonchev–Trinajstić information content (AvgIpc) is 2.28. The van der Waals surface area contributed by atoms with Crippen LogP contribution >= 0.6 is 11.6 Å². The summed E-state index contributed by atoms with van der Waals surface area (Å²) >= 11 is 5.99. The third kappa shape index (κ3) is 3.47. The van der Waals surface area contributed by atoms with Crippen LogP contribution in [0.1, 0.15) is 33.3 Å². The molecule has 0 spiro atoms. The molecule has 1 rings (SSSR count). The van der Waals surface area contributed by atoms with Crippen molar-refractivity contribution in [1.82, 2.24) is 5.32 Å². The zero-order chi connectivity index (χ0) is 13.8. The highest BCUT2D eigenvalue weighted by Gasteiger charge is 2.37. The molecule has 1 unspecified atom stereocenters. The lowest BCUT2D eigenvalue weighted by Crippen LogP contribution is -2.50. The topological polar surface area (TPSA) is 38.3 Å². The number of carbonyl (C=O) groups excluding carboxylic acids is 1. The number of nitrogens with one attached hydrogen (secondary N) is 1. The summed E-state index contributed by atoms with van der Waals surface area (Å²) in [5.74, 6) is -0.291. The van der Waals surface area contributed by atoms with Crippen molar-refractivity contribution in [3.8, 4) is 0 Å². The van der Waals surface area contributed by atoms with Crippen LogP contribution < -0.4 is 5.32 Å². The Hall–Kier alpha value is -1.06. The molecule has 0 amide bonds. The summed E-state index contributed by atoms with van der Waals surface area (Å²) in [4.78, 5) is 12.2. The molecule has 0 aliphatic carbocycles. The maximum atomic E-state index is 12.2. The van der Waals surface area contributed by atoms with Crippen LogP contribution in [-0.2, 0) is 15.1 Å². The summed E-state index contributed by atoms with van der Waals surface area (Å²) in [5.41, 5.74) is -0.0723. The van der Waals surface area contributed by atoms with E-state index >= 15 is 0 Å². The normalized spacial score (nSPS) is 14.3. The van der Waals surface area contributed by atoms with E-state index in [1.54, 1.807) is 19.1 Å². The molecule has 1 atom stereocenters. The fraction of sp³-hybridized carbons (Fsp3) is 0.500. The third-order valence-corrected chi connectivity index (χ3v) is 2.90. The van der Waals surface area contributed by atoms with Gasteiger partial charge in [0.05, 0.1) is 6.61 Å². The highest BCUT2D eigenvalue weighted by atomic mass is 35.5. The molecule has 0 fully saturated rings. The van der Waals surface area contributed by atoms with Gasteiger partial charge in [-0.25, -0.2) is 4.79 Å². The molecular formula is C14H20ClNO2. The SMILES string of the molecule is CCOC(=O)C(C)(NC(C)C)c1cccc(Cl)c1. The van der Waals surface area contributed by atoms with Crippen molar-refractivity contribution >= 4 is 17.6 Å². The molecule has 4 heteroatoms. The summed E-state index contributed by atoms with van der Waals surface area (Å²) in [6, 6.07) is 7.42. The molecule has 0 radical (unpaired) electrons. The average molecular weight is 270 g/mol. The van der Waals surface area contributed by atoms with Gasteiger partial charge >= 0.3 is 5.97 Å². The fourth-order valence-electron chi connectivity index (χ4n) is 1.91. The van der Waals surface area contributed by atoms with Crippen LogP contribution in [-0.4, -0.2) is 18.6 Å². The van der Waals surface area contributed by atoms with Gasteiger partial charge in [0.25, 0.3) is 0 Å². The van der Waals surface area contributed by atoms with Gasteiger partial charge in [-0.3, -0.25) is 5.32 Å². The first-order valence-corrected chi connectivity index (χ1v) is 6.49. The van der Waals surface area contributed by atoms with Crippen LogP contribution in [0.2, 0.25) is 5.02 Å². The highest BCUT2D eigenvalue weighted by molar-refractivity contribution is 6.30. The van der Waals surface area contributed by atoms with Crippen molar-refractivity contribution in [3.05, 3.63) is 34.9 Å². The third-order valence-electron chi connectivity index (χ3n) is 2.66. The second-order valence-electron chi connectivity index (χ2n) is 4.65. The van der Waals surface area contributed by atoms with Crippen LogP contribution in [0.25, 0.3) is 0 Å². The van der Waals surface area contributed by atoms with E-state index in [1.807, 2.05) is 32.9 Å². The smallest absolute Gasteiger partial charge is 0.330 e. The van der Waals surface area contributed by atoms with Gasteiger partial charge in [-0.15, -0.1) is 0 Å². The molecule has 3 nitrogen and oxygen atoms in total. The molecule has 1 N–H and O–H groups in total. The summed E-state index contributed by atoms with van der Waals surface area (Å²) in [6.07, 6.45) is 0. The number of rotatable bonds is 5. The largest absolute Gasteiger partial charge is 0.464 e. The van der Waals surface area contributed by atoms with E-state index in [-0.39, 0.29) is 12.0 Å². The van der Waals surface area contributed by atoms with Crippen molar-refractivity contribution in [2.24, 2.45) is 0 Å². The van der Waals surface area contributed by atoms with Gasteiger partial charge in [0, 0.05) is 11.1 Å². The predicted octanol–water partition coefficient (Wildman–Crippen LogP) is 3.12. The molecule has 18 heavy (non-hydrogen) atoms. The fourth-order valence-corrected chi connectivity index (χ4v) is 2.10. The standard InChI is InChI=1S/C14H20ClNO2/c1-5-18-13(17)14(4,16-10(2)3)11-7-6-8-12(15)9-11/h6-10,16H,5H2,1-4H3. The maximum Gasteiger partial charge on any atom is 0.330 e. The van der Waals surface area contributed by atoms with Gasteiger partial charge in [-0.2, -0.15) is 0 Å². The van der Waals surface area contributed by atoms with Crippen LogP contribution in [0.15, 0.2) is 24.3 Å². The van der Waals surface area contributed by atoms with Crippen LogP contribution in [0, 0.1) is 0 Å². The molecule has 0 aromatic heterocycles. The van der Waals surface area contributed by atoms with Crippen molar-refractivity contribution in [2.45, 2.75) is 39.3 Å². The minimum atomic E-state index is -0.880. The number of hydrogen-bond acceptors (Lipinski definition) is 3. The molecule has 0 aliphatic rings. The van der Waals surface area contributed by atoms with Crippen molar-refractivity contribution in [2.75, 3.05) is 6.61 Å². The number of halogens is 1. The lowest BCUT2D eigenvalue weighted by atomic mass is 9.91. The first-order chi connectivity index (χ1) is 8.40. The van der Waals surface area contributed by atoms with E-state index in [0.29, 0.717) is 11.6 Å². The highest BCUT2D eigenvalue weighted by Crippen LogP contribution is 2.25. The summed E-state index contributed by atoms with van der Waals surface area (Å²) in [5, 5.41) is 3.86. The van der Waals surface area contributed by atoms with Crippen molar-refractivity contribution < 1.29 is 9.53 Å². The second kappa shape index (κ2) is 6.21. The van der Waals surface area contributed by atoms with Crippen LogP contribution in [0.4, 0.5) is 0 Å². The van der Waals surface area contributed by atoms with Gasteiger partial charge in [0.1, 0.15) is 5.54 Å². The zero-order valence-electron chi connectivity index (χ0n) is 11.3. The monoisotopic (exact) mass is 269 g/mol. The Labute approximate surface area is 113 Å².